The van der Waals surface area contributed by atoms with Crippen LogP contribution in [0.4, 0.5) is 13.2 Å². The third-order valence-corrected chi connectivity index (χ3v) is 5.86. The van der Waals surface area contributed by atoms with Crippen LogP contribution in [0.5, 0.6) is 5.88 Å². The number of aryl methyl sites for hydroxylation is 1. The van der Waals surface area contributed by atoms with Gasteiger partial charge in [0.15, 0.2) is 0 Å². The number of hydrogen-bond donors (Lipinski definition) is 0. The molecule has 0 saturated carbocycles. The van der Waals surface area contributed by atoms with Crippen LogP contribution in [-0.4, -0.2) is 50.0 Å². The molecular formula is C23H24F3N5O2. The number of carbonyl (C=O) groups is 1. The third-order valence-electron chi connectivity index (χ3n) is 5.86. The summed E-state index contributed by atoms with van der Waals surface area (Å²) in [7, 11) is 0. The molecule has 1 aliphatic rings. The Morgan fingerprint density at radius 1 is 1.18 bits per heavy atom. The van der Waals surface area contributed by atoms with Crippen molar-refractivity contribution in [2.45, 2.75) is 38.9 Å². The molecule has 0 unspecified atom stereocenters. The zero-order valence-corrected chi connectivity index (χ0v) is 18.3. The van der Waals surface area contributed by atoms with Crippen LogP contribution in [0, 0.1) is 12.8 Å². The summed E-state index contributed by atoms with van der Waals surface area (Å²) in [5, 5.41) is 8.32. The molecule has 1 amide bonds. The summed E-state index contributed by atoms with van der Waals surface area (Å²) in [6, 6.07) is 7.40. The Kier molecular flexibility index (Phi) is 6.35. The number of halogens is 3. The Morgan fingerprint density at radius 3 is 2.61 bits per heavy atom. The maximum absolute atomic E-state index is 13.7. The minimum absolute atomic E-state index is 0.0881. The van der Waals surface area contributed by atoms with Crippen molar-refractivity contribution in [3.8, 4) is 11.6 Å². The van der Waals surface area contributed by atoms with Gasteiger partial charge in [-0.3, -0.25) is 4.79 Å². The molecule has 0 spiro atoms. The summed E-state index contributed by atoms with van der Waals surface area (Å²) in [4.78, 5) is 20.6. The van der Waals surface area contributed by atoms with Crippen LogP contribution in [0.3, 0.4) is 0 Å². The SMILES string of the molecule is Cc1ccc(-n2nccn2)c(C(=O)N2CCC[C@@H](C)[C@H]2COc2ccc(C(F)(F)F)cn2)c1. The summed E-state index contributed by atoms with van der Waals surface area (Å²) < 4.78 is 44.1. The Balaban J connectivity index is 1.55. The lowest BCUT2D eigenvalue weighted by molar-refractivity contribution is -0.137. The highest BCUT2D eigenvalue weighted by Gasteiger charge is 2.35. The normalized spacial score (nSPS) is 18.9. The Bertz CT molecular complexity index is 1100. The zero-order chi connectivity index (χ0) is 23.6. The molecule has 174 valence electrons. The lowest BCUT2D eigenvalue weighted by atomic mass is 9.90. The predicted molar refractivity (Wildman–Crippen MR) is 114 cm³/mol. The number of rotatable bonds is 5. The Hall–Kier alpha value is -3.43. The number of hydrogen-bond acceptors (Lipinski definition) is 5. The molecule has 0 N–H and O–H groups in total. The molecule has 1 aliphatic heterocycles. The van der Waals surface area contributed by atoms with Crippen LogP contribution in [-0.2, 0) is 6.18 Å². The van der Waals surface area contributed by atoms with Crippen molar-refractivity contribution >= 4 is 5.91 Å². The number of amides is 1. The van der Waals surface area contributed by atoms with Crippen molar-refractivity contribution in [2.75, 3.05) is 13.2 Å². The second-order valence-corrected chi connectivity index (χ2v) is 8.22. The molecule has 1 saturated heterocycles. The molecule has 7 nitrogen and oxygen atoms in total. The Labute approximate surface area is 189 Å². The van der Waals surface area contributed by atoms with E-state index >= 15 is 0 Å². The van der Waals surface area contributed by atoms with Gasteiger partial charge >= 0.3 is 6.18 Å². The fourth-order valence-corrected chi connectivity index (χ4v) is 4.05. The second kappa shape index (κ2) is 9.21. The van der Waals surface area contributed by atoms with E-state index in [4.69, 9.17) is 4.74 Å². The lowest BCUT2D eigenvalue weighted by Crippen LogP contribution is -2.50. The average molecular weight is 459 g/mol. The highest BCUT2D eigenvalue weighted by molar-refractivity contribution is 5.98. The maximum Gasteiger partial charge on any atom is 0.417 e. The minimum Gasteiger partial charge on any atom is -0.475 e. The highest BCUT2D eigenvalue weighted by Crippen LogP contribution is 2.30. The largest absolute Gasteiger partial charge is 0.475 e. The van der Waals surface area contributed by atoms with Gasteiger partial charge in [-0.05, 0) is 43.9 Å². The molecule has 3 aromatic rings. The van der Waals surface area contributed by atoms with Gasteiger partial charge in [0.05, 0.1) is 35.2 Å². The van der Waals surface area contributed by atoms with Gasteiger partial charge in [-0.15, -0.1) is 0 Å². The number of benzene rings is 1. The van der Waals surface area contributed by atoms with Crippen LogP contribution in [0.25, 0.3) is 5.69 Å². The van der Waals surface area contributed by atoms with Crippen LogP contribution in [0.2, 0.25) is 0 Å². The van der Waals surface area contributed by atoms with E-state index in [0.717, 1.165) is 30.7 Å². The number of carbonyl (C=O) groups excluding carboxylic acids is 1. The van der Waals surface area contributed by atoms with Crippen LogP contribution in [0.15, 0.2) is 48.9 Å². The van der Waals surface area contributed by atoms with Gasteiger partial charge in [-0.25, -0.2) is 4.98 Å². The van der Waals surface area contributed by atoms with Gasteiger partial charge < -0.3 is 9.64 Å². The molecule has 0 radical (unpaired) electrons. The molecule has 33 heavy (non-hydrogen) atoms. The number of piperidine rings is 1. The molecule has 0 aliphatic carbocycles. The van der Waals surface area contributed by atoms with E-state index in [9.17, 15) is 18.0 Å². The first-order chi connectivity index (χ1) is 15.7. The monoisotopic (exact) mass is 459 g/mol. The first kappa shape index (κ1) is 22.8. The molecule has 1 fully saturated rings. The molecule has 3 heterocycles. The number of pyridine rings is 1. The molecule has 4 rings (SSSR count). The zero-order valence-electron chi connectivity index (χ0n) is 18.3. The molecular weight excluding hydrogens is 435 g/mol. The maximum atomic E-state index is 13.7. The standard InChI is InChI=1S/C23H24F3N5O2/c1-15-5-7-19(31-28-9-10-29-31)18(12-15)22(32)30-11-3-4-16(2)20(30)14-33-21-8-6-17(13-27-21)23(24,25)26/h5-10,12-13,16,20H,3-4,11,14H2,1-2H3/t16-,20-/m1/s1. The first-order valence-corrected chi connectivity index (χ1v) is 10.7. The van der Waals surface area contributed by atoms with Crippen LogP contribution < -0.4 is 4.74 Å². The van der Waals surface area contributed by atoms with Crippen molar-refractivity contribution < 1.29 is 22.7 Å². The van der Waals surface area contributed by atoms with E-state index in [1.54, 1.807) is 17.3 Å². The highest BCUT2D eigenvalue weighted by atomic mass is 19.4. The van der Waals surface area contributed by atoms with E-state index in [-0.39, 0.29) is 30.4 Å². The van der Waals surface area contributed by atoms with Gasteiger partial charge in [0, 0.05) is 18.8 Å². The van der Waals surface area contributed by atoms with Crippen molar-refractivity contribution in [1.29, 1.82) is 0 Å². The number of aromatic nitrogens is 4. The molecule has 10 heteroatoms. The van der Waals surface area contributed by atoms with Crippen molar-refractivity contribution in [3.05, 3.63) is 65.6 Å². The number of likely N-dealkylation sites (tertiary alicyclic amines) is 1. The quantitative estimate of drug-likeness (QED) is 0.569. The fraction of sp³-hybridized carbons (Fsp3) is 0.391. The van der Waals surface area contributed by atoms with E-state index in [0.29, 0.717) is 17.8 Å². The fourth-order valence-electron chi connectivity index (χ4n) is 4.05. The number of ether oxygens (including phenoxy) is 1. The third kappa shape index (κ3) is 4.99. The summed E-state index contributed by atoms with van der Waals surface area (Å²) in [6.07, 6.45) is 1.15. The minimum atomic E-state index is -4.46. The van der Waals surface area contributed by atoms with Crippen LogP contribution >= 0.6 is 0 Å². The van der Waals surface area contributed by atoms with E-state index in [1.165, 1.54) is 10.9 Å². The molecule has 1 aromatic carbocycles. The topological polar surface area (TPSA) is 73.1 Å². The van der Waals surface area contributed by atoms with Crippen molar-refractivity contribution in [1.82, 2.24) is 24.9 Å². The van der Waals surface area contributed by atoms with E-state index < -0.39 is 11.7 Å². The summed E-state index contributed by atoms with van der Waals surface area (Å²) in [5.41, 5.74) is 1.16. The number of alkyl halides is 3. The first-order valence-electron chi connectivity index (χ1n) is 10.7. The van der Waals surface area contributed by atoms with E-state index in [2.05, 4.69) is 15.2 Å². The average Bonchev–Trinajstić information content (AvgIpc) is 3.32. The second-order valence-electron chi connectivity index (χ2n) is 8.22. The van der Waals surface area contributed by atoms with Crippen molar-refractivity contribution in [2.24, 2.45) is 5.92 Å². The van der Waals surface area contributed by atoms with Gasteiger partial charge in [-0.1, -0.05) is 18.6 Å². The molecule has 2 atom stereocenters. The molecule has 0 bridgehead atoms. The number of nitrogens with zero attached hydrogens (tertiary/aromatic N) is 5. The summed E-state index contributed by atoms with van der Waals surface area (Å²) in [5.74, 6) is 0.0740. The lowest BCUT2D eigenvalue weighted by Gasteiger charge is -2.40. The van der Waals surface area contributed by atoms with Crippen molar-refractivity contribution in [3.63, 3.8) is 0 Å². The van der Waals surface area contributed by atoms with Gasteiger partial charge in [0.2, 0.25) is 5.88 Å². The van der Waals surface area contributed by atoms with Gasteiger partial charge in [-0.2, -0.15) is 28.2 Å². The smallest absolute Gasteiger partial charge is 0.417 e. The van der Waals surface area contributed by atoms with E-state index in [1.807, 2.05) is 32.0 Å². The van der Waals surface area contributed by atoms with Gasteiger partial charge in [0.25, 0.3) is 5.91 Å². The predicted octanol–water partition coefficient (Wildman–Crippen LogP) is 4.31. The van der Waals surface area contributed by atoms with Gasteiger partial charge in [0.1, 0.15) is 6.61 Å². The van der Waals surface area contributed by atoms with Crippen LogP contribution in [0.1, 0.15) is 41.3 Å². The molecule has 2 aromatic heterocycles. The Morgan fingerprint density at radius 2 is 1.94 bits per heavy atom. The summed E-state index contributed by atoms with van der Waals surface area (Å²) >= 11 is 0. The summed E-state index contributed by atoms with van der Waals surface area (Å²) in [6.45, 7) is 4.64.